The van der Waals surface area contributed by atoms with Crippen molar-refractivity contribution >= 4 is 34.2 Å². The molecule has 0 aliphatic carbocycles. The van der Waals surface area contributed by atoms with Gasteiger partial charge >= 0.3 is 0 Å². The van der Waals surface area contributed by atoms with Gasteiger partial charge in [0, 0.05) is 15.6 Å². The molecule has 4 heteroatoms. The highest BCUT2D eigenvalue weighted by Crippen LogP contribution is 2.26. The highest BCUT2D eigenvalue weighted by molar-refractivity contribution is 6.36. The van der Waals surface area contributed by atoms with Gasteiger partial charge < -0.3 is 4.57 Å². The van der Waals surface area contributed by atoms with E-state index in [1.165, 1.54) is 0 Å². The summed E-state index contributed by atoms with van der Waals surface area (Å²) in [7, 11) is 0. The van der Waals surface area contributed by atoms with Gasteiger partial charge in [0.1, 0.15) is 0 Å². The van der Waals surface area contributed by atoms with Gasteiger partial charge in [-0.1, -0.05) is 41.4 Å². The molecule has 1 aromatic heterocycles. The lowest BCUT2D eigenvalue weighted by Gasteiger charge is -2.08. The van der Waals surface area contributed by atoms with E-state index in [4.69, 9.17) is 23.2 Å². The van der Waals surface area contributed by atoms with E-state index in [0.717, 1.165) is 16.6 Å². The zero-order valence-electron chi connectivity index (χ0n) is 9.48. The molecule has 3 rings (SSSR count). The van der Waals surface area contributed by atoms with Crippen molar-refractivity contribution in [3.8, 4) is 0 Å². The zero-order chi connectivity index (χ0) is 12.5. The summed E-state index contributed by atoms with van der Waals surface area (Å²) in [6.45, 7) is 0.624. The molecule has 1 heterocycles. The summed E-state index contributed by atoms with van der Waals surface area (Å²) in [5.74, 6) is 0. The van der Waals surface area contributed by atoms with Gasteiger partial charge in [0.2, 0.25) is 0 Å². The maximum atomic E-state index is 6.18. The predicted octanol–water partition coefficient (Wildman–Crippen LogP) is 4.39. The molecule has 0 radical (unpaired) electrons. The maximum Gasteiger partial charge on any atom is 0.0961 e. The Labute approximate surface area is 115 Å². The number of benzene rings is 2. The summed E-state index contributed by atoms with van der Waals surface area (Å²) in [6, 6.07) is 13.5. The number of nitrogens with zero attached hydrogens (tertiary/aromatic N) is 2. The third kappa shape index (κ3) is 1.98. The van der Waals surface area contributed by atoms with E-state index in [1.807, 2.05) is 53.4 Å². The van der Waals surface area contributed by atoms with Gasteiger partial charge in [-0.2, -0.15) is 0 Å². The number of hydrogen-bond donors (Lipinski definition) is 0. The highest BCUT2D eigenvalue weighted by Gasteiger charge is 2.08. The summed E-state index contributed by atoms with van der Waals surface area (Å²) < 4.78 is 2.04. The van der Waals surface area contributed by atoms with Crippen LogP contribution in [0.1, 0.15) is 5.56 Å². The van der Waals surface area contributed by atoms with Crippen LogP contribution in [0, 0.1) is 0 Å². The molecule has 0 saturated heterocycles. The molecule has 0 bridgehead atoms. The first-order valence-electron chi connectivity index (χ1n) is 5.58. The first kappa shape index (κ1) is 11.6. The Kier molecular flexibility index (Phi) is 2.98. The second-order valence-corrected chi connectivity index (χ2v) is 4.88. The van der Waals surface area contributed by atoms with Gasteiger partial charge in [0.05, 0.1) is 23.9 Å². The zero-order valence-corrected chi connectivity index (χ0v) is 11.0. The molecule has 0 aliphatic heterocycles. The lowest BCUT2D eigenvalue weighted by Crippen LogP contribution is -1.99. The van der Waals surface area contributed by atoms with E-state index < -0.39 is 0 Å². The normalized spacial score (nSPS) is 11.0. The van der Waals surface area contributed by atoms with Crippen LogP contribution in [0.2, 0.25) is 10.0 Å². The average molecular weight is 277 g/mol. The van der Waals surface area contributed by atoms with E-state index in [-0.39, 0.29) is 0 Å². The average Bonchev–Trinajstić information content (AvgIpc) is 2.77. The van der Waals surface area contributed by atoms with Gasteiger partial charge in [0.25, 0.3) is 0 Å². The molecule has 0 N–H and O–H groups in total. The first-order chi connectivity index (χ1) is 8.75. The van der Waals surface area contributed by atoms with Gasteiger partial charge in [-0.25, -0.2) is 4.98 Å². The lowest BCUT2D eigenvalue weighted by atomic mass is 10.2. The van der Waals surface area contributed by atoms with Crippen LogP contribution in [0.15, 0.2) is 48.8 Å². The van der Waals surface area contributed by atoms with Crippen LogP contribution in [-0.2, 0) is 6.54 Å². The Hall–Kier alpha value is -1.51. The third-order valence-electron chi connectivity index (χ3n) is 2.92. The molecule has 2 aromatic carbocycles. The van der Waals surface area contributed by atoms with E-state index >= 15 is 0 Å². The number of rotatable bonds is 2. The summed E-state index contributed by atoms with van der Waals surface area (Å²) >= 11 is 12.4. The summed E-state index contributed by atoms with van der Waals surface area (Å²) in [5.41, 5.74) is 2.97. The number of para-hydroxylation sites is 2. The molecule has 0 atom stereocenters. The van der Waals surface area contributed by atoms with Gasteiger partial charge in [0.15, 0.2) is 0 Å². The van der Waals surface area contributed by atoms with Crippen molar-refractivity contribution in [2.24, 2.45) is 0 Å². The Morgan fingerprint density at radius 1 is 0.944 bits per heavy atom. The van der Waals surface area contributed by atoms with Crippen molar-refractivity contribution in [2.75, 3.05) is 0 Å². The topological polar surface area (TPSA) is 17.8 Å². The van der Waals surface area contributed by atoms with Crippen LogP contribution in [0.5, 0.6) is 0 Å². The fraction of sp³-hybridized carbons (Fsp3) is 0.0714. The Morgan fingerprint density at radius 2 is 1.67 bits per heavy atom. The van der Waals surface area contributed by atoms with Crippen molar-refractivity contribution in [3.63, 3.8) is 0 Å². The van der Waals surface area contributed by atoms with Crippen LogP contribution >= 0.6 is 23.2 Å². The quantitative estimate of drug-likeness (QED) is 0.679. The van der Waals surface area contributed by atoms with E-state index in [0.29, 0.717) is 16.6 Å². The number of aromatic nitrogens is 2. The minimum Gasteiger partial charge on any atom is -0.326 e. The lowest BCUT2D eigenvalue weighted by molar-refractivity contribution is 0.825. The monoisotopic (exact) mass is 276 g/mol. The second-order valence-electron chi connectivity index (χ2n) is 4.06. The molecule has 2 nitrogen and oxygen atoms in total. The van der Waals surface area contributed by atoms with Gasteiger partial charge in [-0.3, -0.25) is 0 Å². The summed E-state index contributed by atoms with van der Waals surface area (Å²) in [4.78, 5) is 4.35. The molecule has 0 spiro atoms. The molecule has 90 valence electrons. The molecule has 0 fully saturated rings. The molecule has 0 unspecified atom stereocenters. The molecular weight excluding hydrogens is 267 g/mol. The second kappa shape index (κ2) is 4.63. The Bertz CT molecular complexity index is 684. The third-order valence-corrected chi connectivity index (χ3v) is 3.63. The number of halogens is 2. The van der Waals surface area contributed by atoms with Crippen LogP contribution in [0.4, 0.5) is 0 Å². The van der Waals surface area contributed by atoms with Crippen LogP contribution in [-0.4, -0.2) is 9.55 Å². The largest absolute Gasteiger partial charge is 0.326 e. The maximum absolute atomic E-state index is 6.18. The summed E-state index contributed by atoms with van der Waals surface area (Å²) in [5, 5.41) is 1.36. The Morgan fingerprint density at radius 3 is 2.44 bits per heavy atom. The standard InChI is InChI=1S/C14H10Cl2N2/c15-11-4-3-5-12(16)10(11)8-18-9-17-13-6-1-2-7-14(13)18/h1-7,9H,8H2. The van der Waals surface area contributed by atoms with Crippen LogP contribution in [0.25, 0.3) is 11.0 Å². The van der Waals surface area contributed by atoms with Crippen LogP contribution in [0.3, 0.4) is 0 Å². The van der Waals surface area contributed by atoms with E-state index in [1.54, 1.807) is 0 Å². The molecule has 3 aromatic rings. The van der Waals surface area contributed by atoms with Gasteiger partial charge in [-0.15, -0.1) is 0 Å². The van der Waals surface area contributed by atoms with Crippen molar-refractivity contribution in [1.82, 2.24) is 9.55 Å². The first-order valence-corrected chi connectivity index (χ1v) is 6.34. The van der Waals surface area contributed by atoms with Gasteiger partial charge in [-0.05, 0) is 24.3 Å². The predicted molar refractivity (Wildman–Crippen MR) is 75.3 cm³/mol. The van der Waals surface area contributed by atoms with Crippen molar-refractivity contribution < 1.29 is 0 Å². The SMILES string of the molecule is Clc1cccc(Cl)c1Cn1cnc2ccccc21. The molecule has 0 amide bonds. The smallest absolute Gasteiger partial charge is 0.0961 e. The Balaban J connectivity index is 2.07. The number of hydrogen-bond acceptors (Lipinski definition) is 1. The van der Waals surface area contributed by atoms with E-state index in [2.05, 4.69) is 4.98 Å². The molecule has 18 heavy (non-hydrogen) atoms. The number of imidazole rings is 1. The molecular formula is C14H10Cl2N2. The fourth-order valence-electron chi connectivity index (χ4n) is 1.99. The van der Waals surface area contributed by atoms with Crippen molar-refractivity contribution in [1.29, 1.82) is 0 Å². The molecule has 0 saturated carbocycles. The van der Waals surface area contributed by atoms with E-state index in [9.17, 15) is 0 Å². The minimum atomic E-state index is 0.624. The molecule has 0 aliphatic rings. The highest BCUT2D eigenvalue weighted by atomic mass is 35.5. The van der Waals surface area contributed by atoms with Crippen molar-refractivity contribution in [3.05, 3.63) is 64.4 Å². The number of fused-ring (bicyclic) bond motifs is 1. The van der Waals surface area contributed by atoms with Crippen molar-refractivity contribution in [2.45, 2.75) is 6.54 Å². The minimum absolute atomic E-state index is 0.624. The van der Waals surface area contributed by atoms with Crippen LogP contribution < -0.4 is 0 Å². The summed E-state index contributed by atoms with van der Waals surface area (Å²) in [6.07, 6.45) is 1.81. The fourth-order valence-corrected chi connectivity index (χ4v) is 2.51.